The summed E-state index contributed by atoms with van der Waals surface area (Å²) in [6.45, 7) is 6.37. The Balaban J connectivity index is 2.11. The van der Waals surface area contributed by atoms with Crippen LogP contribution in [0.4, 0.5) is 5.88 Å². The van der Waals surface area contributed by atoms with E-state index in [1.807, 2.05) is 0 Å². The molecule has 17 heavy (non-hydrogen) atoms. The molecular formula is C12H19NO4. The molecule has 0 unspecified atom stereocenters. The van der Waals surface area contributed by atoms with Crippen LogP contribution in [0.1, 0.15) is 30.8 Å². The van der Waals surface area contributed by atoms with Crippen molar-refractivity contribution < 1.29 is 19.1 Å². The lowest BCUT2D eigenvalue weighted by Crippen LogP contribution is -2.08. The summed E-state index contributed by atoms with van der Waals surface area (Å²) in [6.07, 6.45) is 0.857. The zero-order chi connectivity index (χ0) is 12.7. The Bertz CT molecular complexity index is 346. The molecule has 1 rings (SSSR count). The highest BCUT2D eigenvalue weighted by Gasteiger charge is 2.07. The van der Waals surface area contributed by atoms with Crippen LogP contribution < -0.4 is 5.32 Å². The van der Waals surface area contributed by atoms with Gasteiger partial charge in [0, 0.05) is 25.8 Å². The molecule has 0 aliphatic carbocycles. The van der Waals surface area contributed by atoms with Gasteiger partial charge in [-0.2, -0.15) is 0 Å². The number of hydrogen-bond acceptors (Lipinski definition) is 4. The third kappa shape index (κ3) is 5.40. The van der Waals surface area contributed by atoms with Crippen molar-refractivity contribution in [3.8, 4) is 0 Å². The van der Waals surface area contributed by atoms with Crippen molar-refractivity contribution in [3.63, 3.8) is 0 Å². The van der Waals surface area contributed by atoms with Crippen LogP contribution in [0, 0.1) is 5.92 Å². The van der Waals surface area contributed by atoms with Crippen LogP contribution in [0.2, 0.25) is 0 Å². The lowest BCUT2D eigenvalue weighted by Gasteiger charge is -2.06. The fourth-order valence-corrected chi connectivity index (χ4v) is 1.25. The van der Waals surface area contributed by atoms with E-state index in [-0.39, 0.29) is 5.76 Å². The zero-order valence-corrected chi connectivity index (χ0v) is 10.2. The van der Waals surface area contributed by atoms with E-state index in [4.69, 9.17) is 14.3 Å². The molecule has 0 amide bonds. The Morgan fingerprint density at radius 3 is 2.88 bits per heavy atom. The summed E-state index contributed by atoms with van der Waals surface area (Å²) in [5, 5.41) is 11.6. The van der Waals surface area contributed by atoms with Crippen molar-refractivity contribution in [1.29, 1.82) is 0 Å². The van der Waals surface area contributed by atoms with Crippen LogP contribution in [0.15, 0.2) is 16.5 Å². The van der Waals surface area contributed by atoms with Crippen molar-refractivity contribution >= 4 is 11.9 Å². The lowest BCUT2D eigenvalue weighted by molar-refractivity contribution is 0.0663. The number of nitrogens with one attached hydrogen (secondary N) is 1. The summed E-state index contributed by atoms with van der Waals surface area (Å²) in [5.74, 6) is -0.0840. The van der Waals surface area contributed by atoms with Gasteiger partial charge < -0.3 is 19.6 Å². The predicted octanol–water partition coefficient (Wildman–Crippen LogP) is 2.45. The van der Waals surface area contributed by atoms with Gasteiger partial charge >= 0.3 is 5.97 Å². The normalized spacial score (nSPS) is 10.8. The smallest absolute Gasteiger partial charge is 0.371 e. The highest BCUT2D eigenvalue weighted by atomic mass is 16.5. The van der Waals surface area contributed by atoms with Gasteiger partial charge in [0.1, 0.15) is 0 Å². The van der Waals surface area contributed by atoms with E-state index in [0.29, 0.717) is 25.0 Å². The molecule has 0 atom stereocenters. The van der Waals surface area contributed by atoms with Gasteiger partial charge in [0.15, 0.2) is 5.88 Å². The Kier molecular flexibility index (Phi) is 5.56. The predicted molar refractivity (Wildman–Crippen MR) is 64.4 cm³/mol. The van der Waals surface area contributed by atoms with Crippen LogP contribution in [-0.4, -0.2) is 30.8 Å². The first-order chi connectivity index (χ1) is 8.09. The summed E-state index contributed by atoms with van der Waals surface area (Å²) < 4.78 is 10.5. The third-order valence-electron chi connectivity index (χ3n) is 2.03. The molecule has 0 fully saturated rings. The van der Waals surface area contributed by atoms with E-state index in [1.165, 1.54) is 6.07 Å². The lowest BCUT2D eigenvalue weighted by atomic mass is 10.2. The SMILES string of the molecule is CC(C)COCCCNc1ccc(C(=O)O)o1. The van der Waals surface area contributed by atoms with Gasteiger partial charge in [-0.3, -0.25) is 0 Å². The van der Waals surface area contributed by atoms with E-state index in [1.54, 1.807) is 6.07 Å². The molecule has 0 aliphatic heterocycles. The van der Waals surface area contributed by atoms with Crippen LogP contribution in [0.5, 0.6) is 0 Å². The maximum Gasteiger partial charge on any atom is 0.371 e. The molecule has 1 aromatic heterocycles. The quantitative estimate of drug-likeness (QED) is 0.684. The summed E-state index contributed by atoms with van der Waals surface area (Å²) in [5.41, 5.74) is 0. The molecule has 0 radical (unpaired) electrons. The topological polar surface area (TPSA) is 71.7 Å². The molecule has 1 aromatic rings. The number of carboxylic acids is 1. The molecule has 5 heteroatoms. The largest absolute Gasteiger partial charge is 0.475 e. The van der Waals surface area contributed by atoms with Gasteiger partial charge in [0.25, 0.3) is 0 Å². The van der Waals surface area contributed by atoms with E-state index in [2.05, 4.69) is 19.2 Å². The Morgan fingerprint density at radius 2 is 2.29 bits per heavy atom. The monoisotopic (exact) mass is 241 g/mol. The number of ether oxygens (including phenoxy) is 1. The fraction of sp³-hybridized carbons (Fsp3) is 0.583. The first kappa shape index (κ1) is 13.6. The molecule has 0 aromatic carbocycles. The van der Waals surface area contributed by atoms with Gasteiger partial charge in [-0.25, -0.2) is 4.79 Å². The number of rotatable bonds is 8. The van der Waals surface area contributed by atoms with Crippen LogP contribution in [0.3, 0.4) is 0 Å². The Labute approximate surface area is 101 Å². The highest BCUT2D eigenvalue weighted by Crippen LogP contribution is 2.12. The molecule has 0 saturated heterocycles. The highest BCUT2D eigenvalue weighted by molar-refractivity contribution is 5.84. The molecular weight excluding hydrogens is 222 g/mol. The van der Waals surface area contributed by atoms with E-state index >= 15 is 0 Å². The van der Waals surface area contributed by atoms with Crippen molar-refractivity contribution in [2.45, 2.75) is 20.3 Å². The number of carboxylic acid groups (broad SMARTS) is 1. The van der Waals surface area contributed by atoms with Crippen LogP contribution in [0.25, 0.3) is 0 Å². The number of carbonyl (C=O) groups is 1. The summed E-state index contributed by atoms with van der Waals surface area (Å²) in [4.78, 5) is 10.6. The number of furan rings is 1. The van der Waals surface area contributed by atoms with E-state index in [0.717, 1.165) is 13.0 Å². The minimum Gasteiger partial charge on any atom is -0.475 e. The number of anilines is 1. The van der Waals surface area contributed by atoms with E-state index < -0.39 is 5.97 Å². The molecule has 1 heterocycles. The first-order valence-electron chi connectivity index (χ1n) is 5.74. The summed E-state index contributed by atoms with van der Waals surface area (Å²) in [6, 6.07) is 3.04. The van der Waals surface area contributed by atoms with Gasteiger partial charge in [0.2, 0.25) is 5.76 Å². The van der Waals surface area contributed by atoms with Crippen molar-refractivity contribution in [3.05, 3.63) is 17.9 Å². The van der Waals surface area contributed by atoms with Crippen LogP contribution in [-0.2, 0) is 4.74 Å². The number of aromatic carboxylic acids is 1. The second-order valence-electron chi connectivity index (χ2n) is 4.22. The third-order valence-corrected chi connectivity index (χ3v) is 2.03. The molecule has 0 aliphatic rings. The van der Waals surface area contributed by atoms with Gasteiger partial charge in [0.05, 0.1) is 0 Å². The second kappa shape index (κ2) is 6.96. The minimum absolute atomic E-state index is 0.0523. The molecule has 0 bridgehead atoms. The fourth-order valence-electron chi connectivity index (χ4n) is 1.25. The average molecular weight is 241 g/mol. The molecule has 5 nitrogen and oxygen atoms in total. The average Bonchev–Trinajstić information content (AvgIpc) is 2.71. The second-order valence-corrected chi connectivity index (χ2v) is 4.22. The molecule has 0 saturated carbocycles. The minimum atomic E-state index is -1.06. The van der Waals surface area contributed by atoms with Crippen molar-refractivity contribution in [2.75, 3.05) is 25.1 Å². The maximum atomic E-state index is 10.6. The van der Waals surface area contributed by atoms with E-state index in [9.17, 15) is 4.79 Å². The maximum absolute atomic E-state index is 10.6. The van der Waals surface area contributed by atoms with Crippen LogP contribution >= 0.6 is 0 Å². The zero-order valence-electron chi connectivity index (χ0n) is 10.2. The molecule has 0 spiro atoms. The summed E-state index contributed by atoms with van der Waals surface area (Å²) >= 11 is 0. The van der Waals surface area contributed by atoms with Crippen molar-refractivity contribution in [1.82, 2.24) is 0 Å². The molecule has 96 valence electrons. The van der Waals surface area contributed by atoms with Gasteiger partial charge in [-0.05, 0) is 18.4 Å². The summed E-state index contributed by atoms with van der Waals surface area (Å²) in [7, 11) is 0. The Morgan fingerprint density at radius 1 is 1.53 bits per heavy atom. The van der Waals surface area contributed by atoms with Gasteiger partial charge in [-0.15, -0.1) is 0 Å². The van der Waals surface area contributed by atoms with Crippen molar-refractivity contribution in [2.24, 2.45) is 5.92 Å². The first-order valence-corrected chi connectivity index (χ1v) is 5.74. The number of hydrogen-bond donors (Lipinski definition) is 2. The standard InChI is InChI=1S/C12H19NO4/c1-9(2)8-16-7-3-6-13-11-5-4-10(17-11)12(14)15/h4-5,9,13H,3,6-8H2,1-2H3,(H,14,15). The molecule has 2 N–H and O–H groups in total. The Hall–Kier alpha value is -1.49. The van der Waals surface area contributed by atoms with Gasteiger partial charge in [-0.1, -0.05) is 13.8 Å².